The molecule has 1 aromatic rings. The average molecular weight is 268 g/mol. The van der Waals surface area contributed by atoms with Crippen LogP contribution in [0.4, 0.5) is 0 Å². The lowest BCUT2D eigenvalue weighted by atomic mass is 10.1. The molecule has 5 heteroatoms. The summed E-state index contributed by atoms with van der Waals surface area (Å²) in [6, 6.07) is 5.26. The average Bonchev–Trinajstić information content (AvgIpc) is 2.28. The maximum absolute atomic E-state index is 12.4. The lowest BCUT2D eigenvalue weighted by Crippen LogP contribution is -2.29. The molecule has 0 aliphatic heterocycles. The van der Waals surface area contributed by atoms with Crippen LogP contribution in [0.1, 0.15) is 18.1 Å². The quantitative estimate of drug-likeness (QED) is 0.826. The molecule has 100 valence electrons. The molecule has 0 heterocycles. The van der Waals surface area contributed by atoms with Gasteiger partial charge in [-0.25, -0.2) is 8.42 Å². The van der Waals surface area contributed by atoms with E-state index < -0.39 is 10.0 Å². The van der Waals surface area contributed by atoms with Gasteiger partial charge in [0.1, 0.15) is 0 Å². The molecule has 1 rings (SSSR count). The first-order valence-electron chi connectivity index (χ1n) is 5.69. The highest BCUT2D eigenvalue weighted by Crippen LogP contribution is 2.20. The van der Waals surface area contributed by atoms with E-state index in [1.54, 1.807) is 33.0 Å². The minimum Gasteiger partial charge on any atom is -0.326 e. The fourth-order valence-corrected chi connectivity index (χ4v) is 3.18. The monoisotopic (exact) mass is 268 g/mol. The zero-order chi connectivity index (χ0) is 13.9. The summed E-state index contributed by atoms with van der Waals surface area (Å²) in [6.07, 6.45) is 0. The second-order valence-electron chi connectivity index (χ2n) is 4.52. The molecule has 1 aromatic carbocycles. The van der Waals surface area contributed by atoms with Gasteiger partial charge in [-0.15, -0.1) is 0 Å². The number of aryl methyl sites for hydroxylation is 1. The molecule has 0 bridgehead atoms. The van der Waals surface area contributed by atoms with E-state index in [-0.39, 0.29) is 0 Å². The zero-order valence-electron chi connectivity index (χ0n) is 11.1. The Morgan fingerprint density at radius 2 is 2.06 bits per heavy atom. The van der Waals surface area contributed by atoms with Crippen LogP contribution in [0, 0.1) is 6.92 Å². The van der Waals surface area contributed by atoms with Crippen molar-refractivity contribution in [2.24, 2.45) is 5.73 Å². The Kier molecular flexibility index (Phi) is 4.67. The highest BCUT2D eigenvalue weighted by atomic mass is 32.2. The summed E-state index contributed by atoms with van der Waals surface area (Å²) in [6.45, 7) is 7.95. The van der Waals surface area contributed by atoms with Gasteiger partial charge in [0, 0.05) is 20.1 Å². The summed E-state index contributed by atoms with van der Waals surface area (Å²) in [5.41, 5.74) is 7.88. The van der Waals surface area contributed by atoms with E-state index in [0.29, 0.717) is 18.0 Å². The number of likely N-dealkylation sites (N-methyl/N-ethyl adjacent to an activating group) is 1. The van der Waals surface area contributed by atoms with Gasteiger partial charge < -0.3 is 5.73 Å². The zero-order valence-corrected chi connectivity index (χ0v) is 11.9. The number of rotatable bonds is 5. The minimum atomic E-state index is -3.48. The summed E-state index contributed by atoms with van der Waals surface area (Å²) in [5.74, 6) is 0. The van der Waals surface area contributed by atoms with Gasteiger partial charge in [0.15, 0.2) is 0 Å². The van der Waals surface area contributed by atoms with Gasteiger partial charge in [-0.3, -0.25) is 0 Å². The fraction of sp³-hybridized carbons (Fsp3) is 0.385. The molecule has 0 atom stereocenters. The van der Waals surface area contributed by atoms with Crippen molar-refractivity contribution < 1.29 is 8.42 Å². The van der Waals surface area contributed by atoms with Crippen molar-refractivity contribution in [3.63, 3.8) is 0 Å². The van der Waals surface area contributed by atoms with Gasteiger partial charge in [0.05, 0.1) is 4.90 Å². The maximum atomic E-state index is 12.4. The number of hydrogen-bond donors (Lipinski definition) is 1. The molecule has 0 unspecified atom stereocenters. The largest absolute Gasteiger partial charge is 0.326 e. The molecule has 0 saturated carbocycles. The number of benzene rings is 1. The number of nitrogens with zero attached hydrogens (tertiary/aromatic N) is 1. The molecule has 0 radical (unpaired) electrons. The number of hydrogen-bond acceptors (Lipinski definition) is 3. The Morgan fingerprint density at radius 1 is 1.44 bits per heavy atom. The van der Waals surface area contributed by atoms with Crippen LogP contribution in [-0.4, -0.2) is 26.3 Å². The third-order valence-corrected chi connectivity index (χ3v) is 4.61. The van der Waals surface area contributed by atoms with Gasteiger partial charge in [-0.2, -0.15) is 4.31 Å². The van der Waals surface area contributed by atoms with E-state index in [9.17, 15) is 8.42 Å². The fourth-order valence-electron chi connectivity index (χ4n) is 1.68. The molecule has 0 saturated heterocycles. The van der Waals surface area contributed by atoms with E-state index in [0.717, 1.165) is 16.7 Å². The minimum absolute atomic E-state index is 0.314. The van der Waals surface area contributed by atoms with Crippen molar-refractivity contribution in [3.8, 4) is 0 Å². The topological polar surface area (TPSA) is 63.4 Å². The van der Waals surface area contributed by atoms with Gasteiger partial charge in [0.25, 0.3) is 0 Å². The van der Waals surface area contributed by atoms with Crippen molar-refractivity contribution in [2.75, 3.05) is 13.6 Å². The Morgan fingerprint density at radius 3 is 2.56 bits per heavy atom. The maximum Gasteiger partial charge on any atom is 0.243 e. The van der Waals surface area contributed by atoms with E-state index in [1.807, 2.05) is 6.07 Å². The summed E-state index contributed by atoms with van der Waals surface area (Å²) in [7, 11) is -1.93. The summed E-state index contributed by atoms with van der Waals surface area (Å²) >= 11 is 0. The third-order valence-electron chi connectivity index (χ3n) is 2.67. The van der Waals surface area contributed by atoms with Gasteiger partial charge in [0.2, 0.25) is 10.0 Å². The standard InChI is InChI=1S/C13H20N2O2S/c1-10(2)9-15(4)18(16,17)13-7-12(8-14)6-5-11(13)3/h5-7H,1,8-9,14H2,2-4H3. The Labute approximate surface area is 109 Å². The van der Waals surface area contributed by atoms with Crippen LogP contribution in [0.3, 0.4) is 0 Å². The molecular formula is C13H20N2O2S. The van der Waals surface area contributed by atoms with Gasteiger partial charge in [-0.05, 0) is 31.0 Å². The van der Waals surface area contributed by atoms with Crippen molar-refractivity contribution in [2.45, 2.75) is 25.3 Å². The molecule has 0 spiro atoms. The number of sulfonamides is 1. The first-order valence-corrected chi connectivity index (χ1v) is 7.13. The van der Waals surface area contributed by atoms with Crippen LogP contribution in [0.2, 0.25) is 0 Å². The Balaban J connectivity index is 3.23. The molecule has 0 aliphatic rings. The molecular weight excluding hydrogens is 248 g/mol. The second-order valence-corrected chi connectivity index (χ2v) is 6.54. The Hall–Kier alpha value is -1.17. The van der Waals surface area contributed by atoms with Crippen LogP contribution in [0.15, 0.2) is 35.2 Å². The lowest BCUT2D eigenvalue weighted by molar-refractivity contribution is 0.492. The van der Waals surface area contributed by atoms with Crippen LogP contribution in [0.25, 0.3) is 0 Å². The normalized spacial score (nSPS) is 11.8. The Bertz CT molecular complexity index is 550. The van der Waals surface area contributed by atoms with Crippen LogP contribution < -0.4 is 5.73 Å². The molecule has 4 nitrogen and oxygen atoms in total. The van der Waals surface area contributed by atoms with Crippen LogP contribution in [-0.2, 0) is 16.6 Å². The van der Waals surface area contributed by atoms with E-state index in [2.05, 4.69) is 6.58 Å². The second kappa shape index (κ2) is 5.65. The van der Waals surface area contributed by atoms with Gasteiger partial charge in [-0.1, -0.05) is 24.3 Å². The van der Waals surface area contributed by atoms with Gasteiger partial charge >= 0.3 is 0 Å². The smallest absolute Gasteiger partial charge is 0.243 e. The van der Waals surface area contributed by atoms with Crippen molar-refractivity contribution in [1.29, 1.82) is 0 Å². The van der Waals surface area contributed by atoms with E-state index in [1.165, 1.54) is 4.31 Å². The van der Waals surface area contributed by atoms with Crippen molar-refractivity contribution in [1.82, 2.24) is 4.31 Å². The SMILES string of the molecule is C=C(C)CN(C)S(=O)(=O)c1cc(CN)ccc1C. The highest BCUT2D eigenvalue weighted by molar-refractivity contribution is 7.89. The molecule has 0 amide bonds. The predicted octanol–water partition coefficient (Wildman–Crippen LogP) is 1.65. The first-order chi connectivity index (χ1) is 8.28. The summed E-state index contributed by atoms with van der Waals surface area (Å²) in [5, 5.41) is 0. The molecule has 18 heavy (non-hydrogen) atoms. The number of nitrogens with two attached hydrogens (primary N) is 1. The third kappa shape index (κ3) is 3.19. The summed E-state index contributed by atoms with van der Waals surface area (Å²) < 4.78 is 26.1. The highest BCUT2D eigenvalue weighted by Gasteiger charge is 2.22. The van der Waals surface area contributed by atoms with E-state index in [4.69, 9.17) is 5.73 Å². The predicted molar refractivity (Wildman–Crippen MR) is 73.7 cm³/mol. The van der Waals surface area contributed by atoms with Crippen LogP contribution in [0.5, 0.6) is 0 Å². The molecule has 0 fully saturated rings. The van der Waals surface area contributed by atoms with Crippen molar-refractivity contribution in [3.05, 3.63) is 41.5 Å². The first kappa shape index (κ1) is 14.9. The molecule has 0 aromatic heterocycles. The van der Waals surface area contributed by atoms with Crippen molar-refractivity contribution >= 4 is 10.0 Å². The molecule has 0 aliphatic carbocycles. The summed E-state index contributed by atoms with van der Waals surface area (Å²) in [4.78, 5) is 0.314. The lowest BCUT2D eigenvalue weighted by Gasteiger charge is -2.19. The van der Waals surface area contributed by atoms with E-state index >= 15 is 0 Å². The molecule has 2 N–H and O–H groups in total. The van der Waals surface area contributed by atoms with Crippen LogP contribution >= 0.6 is 0 Å².